The Morgan fingerprint density at radius 3 is 1.76 bits per heavy atom. The summed E-state index contributed by atoms with van der Waals surface area (Å²) in [6.45, 7) is 5.83. The zero-order valence-corrected chi connectivity index (χ0v) is 31.4. The van der Waals surface area contributed by atoms with Crippen LogP contribution in [0.25, 0.3) is 0 Å². The number of hydrogen-bond donors (Lipinski definition) is 6. The number of carbonyl (C=O) groups is 1. The van der Waals surface area contributed by atoms with E-state index in [-0.39, 0.29) is 6.61 Å². The maximum atomic E-state index is 13.4. The molecule has 9 atom stereocenters. The number of Topliss-reactive ketones (excluding diaryl/α,β-unsaturated/α-hetero) is 1. The molecule has 0 radical (unpaired) electrons. The number of unbranched alkanes of at least 4 members (excludes halogenated alkanes) is 18. The largest absolute Gasteiger partial charge is 0.394 e. The topological polar surface area (TPSA) is 157 Å². The Morgan fingerprint density at radius 1 is 0.714 bits per heavy atom. The van der Waals surface area contributed by atoms with E-state index < -0.39 is 61.2 Å². The van der Waals surface area contributed by atoms with Crippen molar-refractivity contribution >= 4 is 5.78 Å². The normalized spacial score (nSPS) is 23.9. The maximum Gasteiger partial charge on any atom is 0.186 e. The van der Waals surface area contributed by atoms with Gasteiger partial charge in [0.1, 0.15) is 30.5 Å². The van der Waals surface area contributed by atoms with E-state index in [9.17, 15) is 35.4 Å². The predicted molar refractivity (Wildman–Crippen MR) is 196 cm³/mol. The highest BCUT2D eigenvalue weighted by molar-refractivity contribution is 5.86. The molecule has 0 aromatic carbocycles. The van der Waals surface area contributed by atoms with E-state index in [1.54, 1.807) is 6.08 Å². The Morgan fingerprint density at radius 2 is 1.22 bits per heavy atom. The molecule has 0 bridgehead atoms. The van der Waals surface area contributed by atoms with E-state index in [0.29, 0.717) is 12.8 Å². The molecule has 0 aromatic heterocycles. The summed E-state index contributed by atoms with van der Waals surface area (Å²) in [5.41, 5.74) is 0. The van der Waals surface area contributed by atoms with Crippen molar-refractivity contribution in [3.05, 3.63) is 12.2 Å². The Bertz CT molecular complexity index is 807. The van der Waals surface area contributed by atoms with E-state index in [1.807, 2.05) is 6.08 Å². The summed E-state index contributed by atoms with van der Waals surface area (Å²) in [6.07, 6.45) is 19.8. The molecule has 6 N–H and O–H groups in total. The third kappa shape index (κ3) is 20.7. The van der Waals surface area contributed by atoms with Gasteiger partial charge in [-0.15, -0.1) is 0 Å². The molecule has 290 valence electrons. The van der Waals surface area contributed by atoms with Gasteiger partial charge in [-0.1, -0.05) is 161 Å². The molecule has 0 spiro atoms. The fraction of sp³-hybridized carbons (Fsp3) is 0.925. The summed E-state index contributed by atoms with van der Waals surface area (Å²) in [7, 11) is 0. The molecule has 0 amide bonds. The molecular formula is C40H76O9. The average Bonchev–Trinajstić information content (AvgIpc) is 3.10. The van der Waals surface area contributed by atoms with Crippen LogP contribution in [0.5, 0.6) is 0 Å². The summed E-state index contributed by atoms with van der Waals surface area (Å²) < 4.78 is 11.1. The lowest BCUT2D eigenvalue weighted by molar-refractivity contribution is -0.303. The van der Waals surface area contributed by atoms with Gasteiger partial charge < -0.3 is 40.1 Å². The van der Waals surface area contributed by atoms with Gasteiger partial charge in [0.05, 0.1) is 25.2 Å². The predicted octanol–water partition coefficient (Wildman–Crippen LogP) is 6.91. The molecule has 0 aliphatic carbocycles. The van der Waals surface area contributed by atoms with Crippen LogP contribution in [-0.4, -0.2) is 92.5 Å². The molecule has 1 saturated heterocycles. The number of aliphatic hydroxyl groups excluding tert-OH is 6. The number of rotatable bonds is 32. The van der Waals surface area contributed by atoms with Crippen molar-refractivity contribution in [1.82, 2.24) is 0 Å². The first kappa shape index (κ1) is 46.1. The van der Waals surface area contributed by atoms with Gasteiger partial charge in [-0.25, -0.2) is 0 Å². The van der Waals surface area contributed by atoms with Crippen LogP contribution in [0.4, 0.5) is 0 Å². The summed E-state index contributed by atoms with van der Waals surface area (Å²) >= 11 is 0. The lowest BCUT2D eigenvalue weighted by atomic mass is 9.91. The number of ether oxygens (including phenoxy) is 2. The fourth-order valence-corrected chi connectivity index (χ4v) is 6.53. The molecule has 49 heavy (non-hydrogen) atoms. The van der Waals surface area contributed by atoms with Crippen LogP contribution >= 0.6 is 0 Å². The zero-order valence-electron chi connectivity index (χ0n) is 31.4. The van der Waals surface area contributed by atoms with E-state index in [4.69, 9.17) is 9.47 Å². The fourth-order valence-electron chi connectivity index (χ4n) is 6.53. The van der Waals surface area contributed by atoms with Crippen LogP contribution in [0.15, 0.2) is 12.2 Å². The standard InChI is InChI=1S/C40H76O9/c1-4-6-7-8-9-10-11-12-15-18-21-24-27-33(42)32(30-48-40-39(47)38(46)37(45)35(29-41)49-40)36(44)34(43)28-25-22-19-16-13-14-17-20-23-26-31(3)5-2/h24,27,31-35,37-43,45-47H,4-23,25-26,28-30H2,1-3H3/b27-24+/t31?,32-,33+,34+,35+,37-,38-,39+,40+/m0/s1. The highest BCUT2D eigenvalue weighted by Gasteiger charge is 2.44. The number of hydrogen-bond acceptors (Lipinski definition) is 9. The van der Waals surface area contributed by atoms with Crippen molar-refractivity contribution in [3.63, 3.8) is 0 Å². The van der Waals surface area contributed by atoms with Crippen LogP contribution in [0.3, 0.4) is 0 Å². The zero-order chi connectivity index (χ0) is 36.3. The molecule has 1 unspecified atom stereocenters. The molecule has 0 saturated carbocycles. The van der Waals surface area contributed by atoms with Gasteiger partial charge in [0.15, 0.2) is 12.1 Å². The Balaban J connectivity index is 2.54. The Kier molecular flexibility index (Phi) is 27.9. The monoisotopic (exact) mass is 701 g/mol. The van der Waals surface area contributed by atoms with E-state index >= 15 is 0 Å². The minimum Gasteiger partial charge on any atom is -0.394 e. The van der Waals surface area contributed by atoms with Gasteiger partial charge >= 0.3 is 0 Å². The second-order valence-electron chi connectivity index (χ2n) is 14.7. The van der Waals surface area contributed by atoms with Crippen molar-refractivity contribution < 1.29 is 44.9 Å². The summed E-state index contributed by atoms with van der Waals surface area (Å²) in [4.78, 5) is 13.4. The Labute approximate surface area is 298 Å². The molecule has 0 aromatic rings. The first-order chi connectivity index (χ1) is 23.7. The van der Waals surface area contributed by atoms with Crippen molar-refractivity contribution in [3.8, 4) is 0 Å². The highest BCUT2D eigenvalue weighted by Crippen LogP contribution is 2.24. The summed E-state index contributed by atoms with van der Waals surface area (Å²) in [5.74, 6) is -0.837. The van der Waals surface area contributed by atoms with Crippen LogP contribution < -0.4 is 0 Å². The number of aliphatic hydroxyl groups is 6. The summed E-state index contributed by atoms with van der Waals surface area (Å²) in [6, 6.07) is 0. The molecule has 1 heterocycles. The molecule has 1 aliphatic rings. The van der Waals surface area contributed by atoms with Crippen molar-refractivity contribution in [2.45, 2.75) is 211 Å². The third-order valence-corrected chi connectivity index (χ3v) is 10.3. The smallest absolute Gasteiger partial charge is 0.186 e. The summed E-state index contributed by atoms with van der Waals surface area (Å²) in [5, 5.41) is 61.9. The second-order valence-corrected chi connectivity index (χ2v) is 14.7. The number of carbonyl (C=O) groups excluding carboxylic acids is 1. The second kappa shape index (κ2) is 29.6. The maximum absolute atomic E-state index is 13.4. The lowest BCUT2D eigenvalue weighted by Crippen LogP contribution is -2.59. The van der Waals surface area contributed by atoms with Crippen molar-refractivity contribution in [2.24, 2.45) is 11.8 Å². The molecular weight excluding hydrogens is 624 g/mol. The van der Waals surface area contributed by atoms with Crippen molar-refractivity contribution in [1.29, 1.82) is 0 Å². The molecule has 1 fully saturated rings. The molecule has 1 rings (SSSR count). The van der Waals surface area contributed by atoms with Crippen LogP contribution in [0, 0.1) is 11.8 Å². The van der Waals surface area contributed by atoms with E-state index in [0.717, 1.165) is 44.4 Å². The SMILES string of the molecule is CCCCCCCCCCCC/C=C/[C@@H](O)[C@H](CO[C@@H]1O[C@H](CO)[C@H](O)[C@H](O)[C@H]1O)C(=O)[C@H](O)CCCCCCCCCCCC(C)CC. The van der Waals surface area contributed by atoms with E-state index in [2.05, 4.69) is 20.8 Å². The highest BCUT2D eigenvalue weighted by atomic mass is 16.7. The van der Waals surface area contributed by atoms with Crippen LogP contribution in [0.1, 0.15) is 168 Å². The molecule has 9 nitrogen and oxygen atoms in total. The van der Waals surface area contributed by atoms with Gasteiger partial charge in [-0.2, -0.15) is 0 Å². The van der Waals surface area contributed by atoms with Gasteiger partial charge in [-0.05, 0) is 25.2 Å². The minimum absolute atomic E-state index is 0.292. The molecule has 9 heteroatoms. The molecule has 1 aliphatic heterocycles. The number of allylic oxidation sites excluding steroid dienone is 1. The first-order valence-corrected chi connectivity index (χ1v) is 20.2. The van der Waals surface area contributed by atoms with Crippen LogP contribution in [-0.2, 0) is 14.3 Å². The lowest BCUT2D eigenvalue weighted by Gasteiger charge is -2.40. The van der Waals surface area contributed by atoms with Crippen molar-refractivity contribution in [2.75, 3.05) is 13.2 Å². The quantitative estimate of drug-likeness (QED) is 0.0324. The van der Waals surface area contributed by atoms with Gasteiger partial charge in [-0.3, -0.25) is 4.79 Å². The Hall–Kier alpha value is -0.910. The van der Waals surface area contributed by atoms with E-state index in [1.165, 1.54) is 96.3 Å². The number of ketones is 1. The minimum atomic E-state index is -1.62. The van der Waals surface area contributed by atoms with Gasteiger partial charge in [0.2, 0.25) is 0 Å². The average molecular weight is 701 g/mol. The van der Waals surface area contributed by atoms with Gasteiger partial charge in [0.25, 0.3) is 0 Å². The third-order valence-electron chi connectivity index (χ3n) is 10.3. The first-order valence-electron chi connectivity index (χ1n) is 20.2. The van der Waals surface area contributed by atoms with Gasteiger partial charge in [0, 0.05) is 0 Å². The van der Waals surface area contributed by atoms with Crippen LogP contribution in [0.2, 0.25) is 0 Å².